The molecule has 25 heavy (non-hydrogen) atoms. The van der Waals surface area contributed by atoms with Gasteiger partial charge in [0, 0.05) is 51.9 Å². The molecular weight excluding hydrogens is 314 g/mol. The fourth-order valence-corrected chi connectivity index (χ4v) is 3.66. The normalized spacial score (nSPS) is 23.0. The number of hydrogen-bond acceptors (Lipinski definition) is 4. The smallest absolute Gasteiger partial charge is 0.410 e. The molecule has 2 fully saturated rings. The third-order valence-electron chi connectivity index (χ3n) is 4.99. The van der Waals surface area contributed by atoms with Crippen molar-refractivity contribution in [1.29, 1.82) is 0 Å². The molecule has 2 aliphatic rings. The summed E-state index contributed by atoms with van der Waals surface area (Å²) in [6.07, 6.45) is 0.885. The Balaban J connectivity index is 1.44. The van der Waals surface area contributed by atoms with Crippen molar-refractivity contribution in [3.63, 3.8) is 0 Å². The zero-order chi connectivity index (χ0) is 17.9. The van der Waals surface area contributed by atoms with E-state index in [4.69, 9.17) is 4.74 Å². The van der Waals surface area contributed by atoms with Gasteiger partial charge >= 0.3 is 6.09 Å². The first-order chi connectivity index (χ1) is 11.9. The minimum atomic E-state index is -0.418. The maximum atomic E-state index is 12.2. The van der Waals surface area contributed by atoms with E-state index in [0.717, 1.165) is 52.2 Å². The van der Waals surface area contributed by atoms with Gasteiger partial charge in [0.25, 0.3) is 0 Å². The highest BCUT2D eigenvalue weighted by Crippen LogP contribution is 2.20. The summed E-state index contributed by atoms with van der Waals surface area (Å²) in [5.74, 6) is 0. The largest absolute Gasteiger partial charge is 0.444 e. The average molecular weight is 345 g/mol. The maximum Gasteiger partial charge on any atom is 0.410 e. The molecule has 3 rings (SSSR count). The molecule has 0 radical (unpaired) electrons. The maximum absolute atomic E-state index is 12.2. The van der Waals surface area contributed by atoms with Gasteiger partial charge in [-0.05, 0) is 32.8 Å². The molecular formula is C20H31N3O2. The molecule has 2 saturated heterocycles. The van der Waals surface area contributed by atoms with Gasteiger partial charge in [-0.2, -0.15) is 0 Å². The topological polar surface area (TPSA) is 36.0 Å². The highest BCUT2D eigenvalue weighted by molar-refractivity contribution is 5.68. The number of ether oxygens (including phenoxy) is 1. The molecule has 1 aromatic carbocycles. The van der Waals surface area contributed by atoms with Crippen LogP contribution in [0.15, 0.2) is 30.3 Å². The summed E-state index contributed by atoms with van der Waals surface area (Å²) in [7, 11) is 0. The van der Waals surface area contributed by atoms with Crippen molar-refractivity contribution in [2.75, 3.05) is 39.3 Å². The molecule has 2 heterocycles. The van der Waals surface area contributed by atoms with Crippen LogP contribution in [0.4, 0.5) is 4.79 Å². The standard InChI is InChI=1S/C20H31N3O2/c1-20(2,3)25-19(24)23-10-9-18(16-23)22-13-11-21(12-14-22)15-17-7-5-4-6-8-17/h4-8,18H,9-16H2,1-3H3/t18-/m0/s1. The third kappa shape index (κ3) is 5.19. The fraction of sp³-hybridized carbons (Fsp3) is 0.650. The number of amides is 1. The molecule has 138 valence electrons. The first-order valence-corrected chi connectivity index (χ1v) is 9.39. The SMILES string of the molecule is CC(C)(C)OC(=O)N1CC[C@H](N2CCN(Cc3ccccc3)CC2)C1. The molecule has 0 unspecified atom stereocenters. The molecule has 0 N–H and O–H groups in total. The molecule has 1 atom stereocenters. The van der Waals surface area contributed by atoms with E-state index in [0.29, 0.717) is 6.04 Å². The predicted octanol–water partition coefficient (Wildman–Crippen LogP) is 2.81. The summed E-state index contributed by atoms with van der Waals surface area (Å²) in [5.41, 5.74) is 0.964. The number of nitrogens with zero attached hydrogens (tertiary/aromatic N) is 3. The van der Waals surface area contributed by atoms with E-state index in [1.807, 2.05) is 25.7 Å². The summed E-state index contributed by atoms with van der Waals surface area (Å²) < 4.78 is 5.50. The number of carbonyl (C=O) groups excluding carboxylic acids is 1. The molecule has 5 heteroatoms. The second kappa shape index (κ2) is 7.75. The molecule has 0 aromatic heterocycles. The van der Waals surface area contributed by atoms with E-state index in [2.05, 4.69) is 40.1 Å². The van der Waals surface area contributed by atoms with Crippen LogP contribution in [0.1, 0.15) is 32.8 Å². The van der Waals surface area contributed by atoms with Gasteiger partial charge < -0.3 is 9.64 Å². The highest BCUT2D eigenvalue weighted by Gasteiger charge is 2.33. The Hall–Kier alpha value is -1.59. The fourth-order valence-electron chi connectivity index (χ4n) is 3.66. The Morgan fingerprint density at radius 2 is 1.76 bits per heavy atom. The van der Waals surface area contributed by atoms with Crippen molar-refractivity contribution >= 4 is 6.09 Å². The van der Waals surface area contributed by atoms with Crippen LogP contribution in [0.25, 0.3) is 0 Å². The Kier molecular flexibility index (Phi) is 5.64. The third-order valence-corrected chi connectivity index (χ3v) is 4.99. The first kappa shape index (κ1) is 18.2. The van der Waals surface area contributed by atoms with E-state index in [-0.39, 0.29) is 6.09 Å². The van der Waals surface area contributed by atoms with Gasteiger partial charge in [0.2, 0.25) is 0 Å². The van der Waals surface area contributed by atoms with Crippen LogP contribution in [-0.4, -0.2) is 71.7 Å². The van der Waals surface area contributed by atoms with Crippen molar-refractivity contribution in [3.8, 4) is 0 Å². The van der Waals surface area contributed by atoms with Crippen LogP contribution in [-0.2, 0) is 11.3 Å². The van der Waals surface area contributed by atoms with Gasteiger partial charge in [0.05, 0.1) is 0 Å². The van der Waals surface area contributed by atoms with Gasteiger partial charge in [0.15, 0.2) is 0 Å². The van der Waals surface area contributed by atoms with Gasteiger partial charge in [-0.15, -0.1) is 0 Å². The number of hydrogen-bond donors (Lipinski definition) is 0. The lowest BCUT2D eigenvalue weighted by atomic mass is 10.1. The van der Waals surface area contributed by atoms with E-state index in [9.17, 15) is 4.79 Å². The van der Waals surface area contributed by atoms with Crippen molar-refractivity contribution in [3.05, 3.63) is 35.9 Å². The van der Waals surface area contributed by atoms with Crippen molar-refractivity contribution < 1.29 is 9.53 Å². The zero-order valence-corrected chi connectivity index (χ0v) is 15.8. The molecule has 0 bridgehead atoms. The van der Waals surface area contributed by atoms with Crippen LogP contribution in [0.5, 0.6) is 0 Å². The quantitative estimate of drug-likeness (QED) is 0.844. The number of piperazine rings is 1. The van der Waals surface area contributed by atoms with Crippen LogP contribution in [0, 0.1) is 0 Å². The lowest BCUT2D eigenvalue weighted by molar-refractivity contribution is 0.0268. The average Bonchev–Trinajstić information content (AvgIpc) is 3.05. The Morgan fingerprint density at radius 3 is 2.40 bits per heavy atom. The van der Waals surface area contributed by atoms with E-state index in [1.54, 1.807) is 0 Å². The molecule has 0 aliphatic carbocycles. The number of benzene rings is 1. The van der Waals surface area contributed by atoms with Crippen LogP contribution >= 0.6 is 0 Å². The summed E-state index contributed by atoms with van der Waals surface area (Å²) in [5, 5.41) is 0. The summed E-state index contributed by atoms with van der Waals surface area (Å²) in [6.45, 7) is 12.8. The highest BCUT2D eigenvalue weighted by atomic mass is 16.6. The minimum absolute atomic E-state index is 0.169. The van der Waals surface area contributed by atoms with E-state index in [1.165, 1.54) is 5.56 Å². The lowest BCUT2D eigenvalue weighted by Gasteiger charge is -2.38. The molecule has 0 saturated carbocycles. The summed E-state index contributed by atoms with van der Waals surface area (Å²) >= 11 is 0. The summed E-state index contributed by atoms with van der Waals surface area (Å²) in [6, 6.07) is 11.2. The molecule has 2 aliphatic heterocycles. The zero-order valence-electron chi connectivity index (χ0n) is 15.8. The number of likely N-dealkylation sites (tertiary alicyclic amines) is 1. The number of carbonyl (C=O) groups is 1. The Bertz CT molecular complexity index is 562. The number of rotatable bonds is 3. The van der Waals surface area contributed by atoms with E-state index < -0.39 is 5.60 Å². The van der Waals surface area contributed by atoms with Gasteiger partial charge in [-0.25, -0.2) is 4.79 Å². The minimum Gasteiger partial charge on any atom is -0.444 e. The van der Waals surface area contributed by atoms with Crippen LogP contribution < -0.4 is 0 Å². The van der Waals surface area contributed by atoms with E-state index >= 15 is 0 Å². The predicted molar refractivity (Wildman–Crippen MR) is 99.5 cm³/mol. The molecule has 0 spiro atoms. The second-order valence-corrected chi connectivity index (χ2v) is 8.17. The second-order valence-electron chi connectivity index (χ2n) is 8.17. The molecule has 5 nitrogen and oxygen atoms in total. The van der Waals surface area contributed by atoms with Crippen molar-refractivity contribution in [2.45, 2.75) is 45.4 Å². The van der Waals surface area contributed by atoms with Crippen molar-refractivity contribution in [2.24, 2.45) is 0 Å². The van der Waals surface area contributed by atoms with Gasteiger partial charge in [-0.3, -0.25) is 9.80 Å². The monoisotopic (exact) mass is 345 g/mol. The molecule has 1 aromatic rings. The summed E-state index contributed by atoms with van der Waals surface area (Å²) in [4.78, 5) is 19.2. The van der Waals surface area contributed by atoms with Crippen LogP contribution in [0.3, 0.4) is 0 Å². The first-order valence-electron chi connectivity index (χ1n) is 9.39. The van der Waals surface area contributed by atoms with Gasteiger partial charge in [-0.1, -0.05) is 30.3 Å². The van der Waals surface area contributed by atoms with Crippen LogP contribution in [0.2, 0.25) is 0 Å². The lowest BCUT2D eigenvalue weighted by Crippen LogP contribution is -2.51. The molecule has 1 amide bonds. The Labute approximate surface area is 151 Å². The Morgan fingerprint density at radius 1 is 1.08 bits per heavy atom. The van der Waals surface area contributed by atoms with Gasteiger partial charge in [0.1, 0.15) is 5.60 Å². The van der Waals surface area contributed by atoms with Crippen molar-refractivity contribution in [1.82, 2.24) is 14.7 Å².